The molecule has 1 amide bonds. The third kappa shape index (κ3) is 4.44. The van der Waals surface area contributed by atoms with Gasteiger partial charge in [-0.15, -0.1) is 0 Å². The maximum Gasteiger partial charge on any atom is 0.239 e. The van der Waals surface area contributed by atoms with E-state index >= 15 is 0 Å². The molecule has 2 atom stereocenters. The first kappa shape index (κ1) is 18.9. The Kier molecular flexibility index (Phi) is 5.96. The minimum absolute atomic E-state index is 0.0113. The highest BCUT2D eigenvalue weighted by atomic mass is 35.5. The summed E-state index contributed by atoms with van der Waals surface area (Å²) in [6.07, 6.45) is 2.16. The van der Waals surface area contributed by atoms with E-state index in [1.165, 1.54) is 18.3 Å². The maximum atomic E-state index is 14.2. The van der Waals surface area contributed by atoms with E-state index in [0.29, 0.717) is 40.2 Å². The third-order valence-electron chi connectivity index (χ3n) is 4.07. The molecule has 1 aromatic heterocycles. The number of ether oxygens (including phenoxy) is 1. The lowest BCUT2D eigenvalue weighted by Gasteiger charge is -2.11. The molecule has 0 bridgehead atoms. The van der Waals surface area contributed by atoms with Gasteiger partial charge in [-0.05, 0) is 37.6 Å². The minimum Gasteiger partial charge on any atom is -0.492 e. The molecule has 26 heavy (non-hydrogen) atoms. The topological polar surface area (TPSA) is 63.2 Å². The first-order valence-electron chi connectivity index (χ1n) is 8.25. The number of carbonyl (C=O) groups is 1. The fourth-order valence-electron chi connectivity index (χ4n) is 2.76. The number of nitrogens with one attached hydrogen (secondary N) is 2. The molecule has 5 nitrogen and oxygen atoms in total. The first-order valence-corrected chi connectivity index (χ1v) is 9.00. The summed E-state index contributed by atoms with van der Waals surface area (Å²) in [5, 5.41) is 6.57. The highest BCUT2D eigenvalue weighted by Gasteiger charge is 2.41. The highest BCUT2D eigenvalue weighted by Crippen LogP contribution is 2.47. The van der Waals surface area contributed by atoms with Crippen LogP contribution in [0.3, 0.4) is 0 Å². The molecule has 3 rings (SSSR count). The molecule has 0 saturated heterocycles. The predicted octanol–water partition coefficient (Wildman–Crippen LogP) is 4.01. The smallest absolute Gasteiger partial charge is 0.239 e. The van der Waals surface area contributed by atoms with Crippen molar-refractivity contribution in [1.82, 2.24) is 10.3 Å². The number of anilines is 1. The maximum absolute atomic E-state index is 14.2. The number of hydrogen-bond acceptors (Lipinski definition) is 4. The van der Waals surface area contributed by atoms with E-state index < -0.39 is 0 Å². The highest BCUT2D eigenvalue weighted by molar-refractivity contribution is 6.33. The lowest BCUT2D eigenvalue weighted by molar-refractivity contribution is -0.115. The third-order valence-corrected chi connectivity index (χ3v) is 4.69. The Morgan fingerprint density at radius 2 is 2.15 bits per heavy atom. The monoisotopic (exact) mass is 397 g/mol. The minimum atomic E-state index is -0.359. The van der Waals surface area contributed by atoms with Gasteiger partial charge in [-0.3, -0.25) is 4.79 Å². The van der Waals surface area contributed by atoms with Crippen LogP contribution in [-0.4, -0.2) is 30.1 Å². The molecule has 0 aliphatic heterocycles. The van der Waals surface area contributed by atoms with Crippen LogP contribution in [0.4, 0.5) is 10.2 Å². The molecule has 2 N–H and O–H groups in total. The summed E-state index contributed by atoms with van der Waals surface area (Å²) in [5.41, 5.74) is 0.440. The number of carbonyl (C=O) groups excluding carboxylic acids is 1. The van der Waals surface area contributed by atoms with Crippen LogP contribution in [0, 0.1) is 5.82 Å². The Labute approximate surface area is 160 Å². The van der Waals surface area contributed by atoms with E-state index in [1.807, 2.05) is 6.92 Å². The summed E-state index contributed by atoms with van der Waals surface area (Å²) in [5.74, 6) is 0.224. The number of aromatic nitrogens is 1. The van der Waals surface area contributed by atoms with Gasteiger partial charge < -0.3 is 15.4 Å². The Hall–Kier alpha value is -1.89. The van der Waals surface area contributed by atoms with Crippen LogP contribution >= 0.6 is 23.2 Å². The standard InChI is InChI=1S/C18H18Cl2FN3O2/c1-2-26-14-5-4-12(21)17(18(14)20)11-7-13(11)22-9-16(25)24-15-6-3-10(19)8-23-15/h3-6,8,11,13,22H,2,7,9H2,1H3,(H,23,24,25)/t11?,13-/m0/s1. The van der Waals surface area contributed by atoms with Gasteiger partial charge in [0.25, 0.3) is 0 Å². The second-order valence-electron chi connectivity index (χ2n) is 5.95. The van der Waals surface area contributed by atoms with Crippen molar-refractivity contribution in [2.24, 2.45) is 0 Å². The Morgan fingerprint density at radius 3 is 2.85 bits per heavy atom. The van der Waals surface area contributed by atoms with E-state index in [1.54, 1.807) is 12.1 Å². The van der Waals surface area contributed by atoms with Crippen molar-refractivity contribution < 1.29 is 13.9 Å². The number of rotatable bonds is 7. The van der Waals surface area contributed by atoms with E-state index in [-0.39, 0.29) is 30.2 Å². The summed E-state index contributed by atoms with van der Waals surface area (Å²) in [6, 6.07) is 6.14. The number of pyridine rings is 1. The fraction of sp³-hybridized carbons (Fsp3) is 0.333. The molecule has 138 valence electrons. The molecule has 8 heteroatoms. The summed E-state index contributed by atoms with van der Waals surface area (Å²) in [4.78, 5) is 16.0. The quantitative estimate of drug-likeness (QED) is 0.740. The van der Waals surface area contributed by atoms with Gasteiger partial charge >= 0.3 is 0 Å². The molecule has 1 aliphatic rings. The van der Waals surface area contributed by atoms with Crippen molar-refractivity contribution in [2.75, 3.05) is 18.5 Å². The van der Waals surface area contributed by atoms with Crippen LogP contribution in [0.15, 0.2) is 30.5 Å². The largest absolute Gasteiger partial charge is 0.492 e. The van der Waals surface area contributed by atoms with Crippen LogP contribution in [0.5, 0.6) is 5.75 Å². The molecule has 0 radical (unpaired) electrons. The van der Waals surface area contributed by atoms with Crippen LogP contribution in [0.25, 0.3) is 0 Å². The number of nitrogens with zero attached hydrogens (tertiary/aromatic N) is 1. The van der Waals surface area contributed by atoms with Gasteiger partial charge in [0.1, 0.15) is 17.4 Å². The average molecular weight is 398 g/mol. The van der Waals surface area contributed by atoms with E-state index in [0.717, 1.165) is 0 Å². The fourth-order valence-corrected chi connectivity index (χ4v) is 3.22. The number of halogens is 3. The van der Waals surface area contributed by atoms with Gasteiger partial charge in [0.2, 0.25) is 5.91 Å². The average Bonchev–Trinajstić information content (AvgIpc) is 3.37. The Bertz CT molecular complexity index is 802. The zero-order chi connectivity index (χ0) is 18.7. The van der Waals surface area contributed by atoms with Crippen molar-refractivity contribution in [2.45, 2.75) is 25.3 Å². The molecule has 0 spiro atoms. The Morgan fingerprint density at radius 1 is 1.35 bits per heavy atom. The summed E-state index contributed by atoms with van der Waals surface area (Å²) >= 11 is 12.0. The molecular weight excluding hydrogens is 380 g/mol. The Balaban J connectivity index is 1.55. The molecule has 1 saturated carbocycles. The molecule has 1 unspecified atom stereocenters. The van der Waals surface area contributed by atoms with Crippen LogP contribution in [-0.2, 0) is 4.79 Å². The molecule has 2 aromatic rings. The van der Waals surface area contributed by atoms with Crippen molar-refractivity contribution in [3.63, 3.8) is 0 Å². The lowest BCUT2D eigenvalue weighted by atomic mass is 10.1. The molecule has 1 heterocycles. The van der Waals surface area contributed by atoms with E-state index in [4.69, 9.17) is 27.9 Å². The molecule has 1 aliphatic carbocycles. The predicted molar refractivity (Wildman–Crippen MR) is 99.6 cm³/mol. The summed E-state index contributed by atoms with van der Waals surface area (Å²) in [6.45, 7) is 2.39. The van der Waals surface area contributed by atoms with Crippen LogP contribution in [0.2, 0.25) is 10.0 Å². The summed E-state index contributed by atoms with van der Waals surface area (Å²) in [7, 11) is 0. The zero-order valence-electron chi connectivity index (χ0n) is 14.1. The lowest BCUT2D eigenvalue weighted by Crippen LogP contribution is -2.30. The second kappa shape index (κ2) is 8.20. The van der Waals surface area contributed by atoms with Crippen molar-refractivity contribution in [1.29, 1.82) is 0 Å². The van der Waals surface area contributed by atoms with Gasteiger partial charge in [-0.2, -0.15) is 0 Å². The summed E-state index contributed by atoms with van der Waals surface area (Å²) < 4.78 is 19.6. The van der Waals surface area contributed by atoms with Crippen molar-refractivity contribution >= 4 is 34.9 Å². The van der Waals surface area contributed by atoms with Gasteiger partial charge in [0.05, 0.1) is 23.2 Å². The van der Waals surface area contributed by atoms with E-state index in [2.05, 4.69) is 15.6 Å². The molecule has 1 aromatic carbocycles. The number of benzene rings is 1. The van der Waals surface area contributed by atoms with Gasteiger partial charge in [-0.1, -0.05) is 23.2 Å². The molecule has 1 fully saturated rings. The van der Waals surface area contributed by atoms with Gasteiger partial charge in [-0.25, -0.2) is 9.37 Å². The first-order chi connectivity index (χ1) is 12.5. The van der Waals surface area contributed by atoms with Crippen LogP contribution < -0.4 is 15.4 Å². The van der Waals surface area contributed by atoms with Crippen LogP contribution in [0.1, 0.15) is 24.8 Å². The van der Waals surface area contributed by atoms with Gasteiger partial charge in [0, 0.05) is 23.7 Å². The zero-order valence-corrected chi connectivity index (χ0v) is 15.6. The normalized spacial score (nSPS) is 18.5. The number of hydrogen-bond donors (Lipinski definition) is 2. The van der Waals surface area contributed by atoms with Gasteiger partial charge in [0.15, 0.2) is 0 Å². The van der Waals surface area contributed by atoms with Crippen molar-refractivity contribution in [3.05, 3.63) is 51.9 Å². The SMILES string of the molecule is CCOc1ccc(F)c(C2C[C@@H]2NCC(=O)Nc2ccc(Cl)cn2)c1Cl. The second-order valence-corrected chi connectivity index (χ2v) is 6.76. The van der Waals surface area contributed by atoms with Crippen molar-refractivity contribution in [3.8, 4) is 5.75 Å². The number of amides is 1. The van der Waals surface area contributed by atoms with E-state index in [9.17, 15) is 9.18 Å². The molecular formula is C18H18Cl2FN3O2.